The maximum Gasteiger partial charge on any atom is 0.254 e. The monoisotopic (exact) mass is 342 g/mol. The van der Waals surface area contributed by atoms with Gasteiger partial charge in [-0.05, 0) is 17.2 Å². The number of nitrogens with two attached hydrogens (primary N) is 1. The molecule has 0 aromatic heterocycles. The summed E-state index contributed by atoms with van der Waals surface area (Å²) in [6.07, 6.45) is -0.586. The van der Waals surface area contributed by atoms with E-state index in [-0.39, 0.29) is 6.42 Å². The van der Waals surface area contributed by atoms with Crippen LogP contribution in [-0.2, 0) is 20.7 Å². The molecule has 3 N–H and O–H groups in total. The number of rotatable bonds is 8. The number of hydrogen-bond donors (Lipinski definition) is 2. The predicted molar refractivity (Wildman–Crippen MR) is 94.0 cm³/mol. The van der Waals surface area contributed by atoms with Crippen LogP contribution in [0.5, 0.6) is 5.75 Å². The number of carbonyl (C=O) groups is 2. The summed E-state index contributed by atoms with van der Waals surface area (Å²) in [6.45, 7) is 0. The molecule has 0 heterocycles. The van der Waals surface area contributed by atoms with Gasteiger partial charge in [0.1, 0.15) is 11.8 Å². The molecule has 0 saturated carbocycles. The average molecular weight is 342 g/mol. The number of para-hydroxylation sites is 1. The van der Waals surface area contributed by atoms with Crippen LogP contribution in [0.4, 0.5) is 0 Å². The summed E-state index contributed by atoms with van der Waals surface area (Å²) in [6, 6.07) is 15.5. The molecule has 0 radical (unpaired) electrons. The fraction of sp³-hybridized carbons (Fsp3) is 0.263. The Morgan fingerprint density at radius 2 is 1.68 bits per heavy atom. The highest BCUT2D eigenvalue weighted by Gasteiger charge is 2.26. The molecule has 6 heteroatoms. The van der Waals surface area contributed by atoms with Crippen LogP contribution in [-0.4, -0.2) is 32.1 Å². The number of benzene rings is 2. The fourth-order valence-corrected chi connectivity index (χ4v) is 2.58. The van der Waals surface area contributed by atoms with Crippen molar-refractivity contribution in [3.63, 3.8) is 0 Å². The lowest BCUT2D eigenvalue weighted by Gasteiger charge is -2.21. The van der Waals surface area contributed by atoms with Crippen molar-refractivity contribution in [2.75, 3.05) is 14.2 Å². The first-order valence-electron chi connectivity index (χ1n) is 7.86. The lowest BCUT2D eigenvalue weighted by atomic mass is 10.0. The summed E-state index contributed by atoms with van der Waals surface area (Å²) < 4.78 is 10.6. The molecule has 132 valence electrons. The van der Waals surface area contributed by atoms with Crippen molar-refractivity contribution in [3.05, 3.63) is 65.7 Å². The normalized spacial score (nSPS) is 12.9. The molecule has 2 amide bonds. The number of amides is 2. The Kier molecular flexibility index (Phi) is 6.54. The van der Waals surface area contributed by atoms with Crippen molar-refractivity contribution in [2.24, 2.45) is 5.73 Å². The molecule has 2 aromatic rings. The van der Waals surface area contributed by atoms with E-state index in [9.17, 15) is 9.59 Å². The van der Waals surface area contributed by atoms with Gasteiger partial charge in [-0.1, -0.05) is 48.5 Å². The molecule has 0 bridgehead atoms. The molecule has 6 nitrogen and oxygen atoms in total. The van der Waals surface area contributed by atoms with Crippen LogP contribution in [0.25, 0.3) is 0 Å². The number of nitrogens with one attached hydrogen (secondary N) is 1. The van der Waals surface area contributed by atoms with E-state index in [0.717, 1.165) is 5.56 Å². The largest absolute Gasteiger partial charge is 0.496 e. The maximum absolute atomic E-state index is 12.6. The Morgan fingerprint density at radius 1 is 1.04 bits per heavy atom. The molecule has 0 spiro atoms. The predicted octanol–water partition coefficient (Wildman–Crippen LogP) is 1.60. The van der Waals surface area contributed by atoms with E-state index in [2.05, 4.69) is 5.32 Å². The first kappa shape index (κ1) is 18.5. The number of methoxy groups -OCH3 is 2. The van der Waals surface area contributed by atoms with Gasteiger partial charge in [0.25, 0.3) is 5.91 Å². The van der Waals surface area contributed by atoms with Crippen molar-refractivity contribution >= 4 is 11.8 Å². The van der Waals surface area contributed by atoms with Gasteiger partial charge in [0.05, 0.1) is 7.11 Å². The van der Waals surface area contributed by atoms with E-state index in [1.807, 2.05) is 36.4 Å². The summed E-state index contributed by atoms with van der Waals surface area (Å²) >= 11 is 0. The van der Waals surface area contributed by atoms with Gasteiger partial charge < -0.3 is 20.5 Å². The molecule has 0 fully saturated rings. The summed E-state index contributed by atoms with van der Waals surface area (Å²) in [5.41, 5.74) is 6.95. The standard InChI is InChI=1S/C19H22N2O4/c1-24-16-11-7-6-10-14(16)12-15(18(20)22)21-19(23)17(25-2)13-8-4-3-5-9-13/h3-11,15,17H,12H2,1-2H3,(H2,20,22)(H,21,23)/t15-,17-/m1/s1. The first-order valence-corrected chi connectivity index (χ1v) is 7.86. The van der Waals surface area contributed by atoms with Crippen LogP contribution in [0, 0.1) is 0 Å². The second-order valence-corrected chi connectivity index (χ2v) is 5.51. The molecule has 2 aromatic carbocycles. The van der Waals surface area contributed by atoms with E-state index in [1.165, 1.54) is 7.11 Å². The Hall–Kier alpha value is -2.86. The van der Waals surface area contributed by atoms with E-state index < -0.39 is 24.0 Å². The van der Waals surface area contributed by atoms with Gasteiger partial charge in [0.15, 0.2) is 6.10 Å². The number of primary amides is 1. The highest BCUT2D eigenvalue weighted by molar-refractivity contribution is 5.89. The van der Waals surface area contributed by atoms with E-state index in [4.69, 9.17) is 15.2 Å². The average Bonchev–Trinajstić information content (AvgIpc) is 2.63. The molecule has 2 atom stereocenters. The third kappa shape index (κ3) is 4.81. The molecular formula is C19H22N2O4. The van der Waals surface area contributed by atoms with Crippen LogP contribution in [0.1, 0.15) is 17.2 Å². The molecular weight excluding hydrogens is 320 g/mol. The zero-order valence-corrected chi connectivity index (χ0v) is 14.3. The minimum Gasteiger partial charge on any atom is -0.496 e. The van der Waals surface area contributed by atoms with Crippen LogP contribution in [0.3, 0.4) is 0 Å². The summed E-state index contributed by atoms with van der Waals surface area (Å²) in [7, 11) is 2.99. The third-order valence-electron chi connectivity index (χ3n) is 3.85. The number of hydrogen-bond acceptors (Lipinski definition) is 4. The SMILES string of the molecule is COc1ccccc1C[C@@H](NC(=O)[C@H](OC)c1ccccc1)C(N)=O. The van der Waals surface area contributed by atoms with Gasteiger partial charge in [0, 0.05) is 13.5 Å². The van der Waals surface area contributed by atoms with Crippen molar-refractivity contribution in [3.8, 4) is 5.75 Å². The number of ether oxygens (including phenoxy) is 2. The highest BCUT2D eigenvalue weighted by Crippen LogP contribution is 2.20. The molecule has 0 unspecified atom stereocenters. The van der Waals surface area contributed by atoms with Crippen LogP contribution in [0.2, 0.25) is 0 Å². The molecule has 0 saturated heterocycles. The Labute approximate surface area is 146 Å². The molecule has 2 rings (SSSR count). The van der Waals surface area contributed by atoms with Gasteiger partial charge in [-0.25, -0.2) is 0 Å². The molecule has 0 aliphatic carbocycles. The lowest BCUT2D eigenvalue weighted by Crippen LogP contribution is -2.47. The zero-order valence-electron chi connectivity index (χ0n) is 14.3. The van der Waals surface area contributed by atoms with E-state index in [0.29, 0.717) is 11.3 Å². The van der Waals surface area contributed by atoms with Gasteiger partial charge in [-0.3, -0.25) is 9.59 Å². The van der Waals surface area contributed by atoms with Crippen molar-refractivity contribution in [2.45, 2.75) is 18.6 Å². The van der Waals surface area contributed by atoms with Crippen LogP contribution in [0.15, 0.2) is 54.6 Å². The quantitative estimate of drug-likeness (QED) is 0.762. The minimum absolute atomic E-state index is 0.232. The van der Waals surface area contributed by atoms with Crippen LogP contribution < -0.4 is 15.8 Å². The summed E-state index contributed by atoms with van der Waals surface area (Å²) in [5.74, 6) is -0.413. The Morgan fingerprint density at radius 3 is 2.28 bits per heavy atom. The van der Waals surface area contributed by atoms with E-state index >= 15 is 0 Å². The van der Waals surface area contributed by atoms with E-state index in [1.54, 1.807) is 25.3 Å². The topological polar surface area (TPSA) is 90.7 Å². The molecule has 25 heavy (non-hydrogen) atoms. The summed E-state index contributed by atoms with van der Waals surface area (Å²) in [4.78, 5) is 24.4. The van der Waals surface area contributed by atoms with Crippen molar-refractivity contribution < 1.29 is 19.1 Å². The maximum atomic E-state index is 12.6. The fourth-order valence-electron chi connectivity index (χ4n) is 2.58. The second kappa shape index (κ2) is 8.84. The smallest absolute Gasteiger partial charge is 0.254 e. The van der Waals surface area contributed by atoms with Crippen molar-refractivity contribution in [1.29, 1.82) is 0 Å². The lowest BCUT2D eigenvalue weighted by molar-refractivity contribution is -0.134. The van der Waals surface area contributed by atoms with Crippen molar-refractivity contribution in [1.82, 2.24) is 5.32 Å². The third-order valence-corrected chi connectivity index (χ3v) is 3.85. The van der Waals surface area contributed by atoms with Crippen LogP contribution >= 0.6 is 0 Å². The highest BCUT2D eigenvalue weighted by atomic mass is 16.5. The Bertz CT molecular complexity index is 718. The minimum atomic E-state index is -0.870. The molecule has 0 aliphatic heterocycles. The number of carbonyl (C=O) groups excluding carboxylic acids is 2. The molecule has 0 aliphatic rings. The summed E-state index contributed by atoms with van der Waals surface area (Å²) in [5, 5.41) is 2.67. The van der Waals surface area contributed by atoms with Gasteiger partial charge >= 0.3 is 0 Å². The van der Waals surface area contributed by atoms with Gasteiger partial charge in [-0.2, -0.15) is 0 Å². The van der Waals surface area contributed by atoms with Gasteiger partial charge in [0.2, 0.25) is 5.91 Å². The van der Waals surface area contributed by atoms with Gasteiger partial charge in [-0.15, -0.1) is 0 Å². The Balaban J connectivity index is 2.15. The zero-order chi connectivity index (χ0) is 18.2. The second-order valence-electron chi connectivity index (χ2n) is 5.51. The first-order chi connectivity index (χ1) is 12.1.